The van der Waals surface area contributed by atoms with Gasteiger partial charge in [-0.05, 0) is 28.8 Å². The van der Waals surface area contributed by atoms with E-state index in [1.165, 1.54) is 5.56 Å². The van der Waals surface area contributed by atoms with E-state index in [-0.39, 0.29) is 18.2 Å². The van der Waals surface area contributed by atoms with E-state index in [1.807, 2.05) is 16.8 Å². The van der Waals surface area contributed by atoms with E-state index < -0.39 is 6.03 Å². The van der Waals surface area contributed by atoms with Gasteiger partial charge < -0.3 is 5.32 Å². The Morgan fingerprint density at radius 1 is 1.44 bits per heavy atom. The van der Waals surface area contributed by atoms with Crippen molar-refractivity contribution >= 4 is 34.9 Å². The minimum absolute atomic E-state index is 0.152. The lowest BCUT2D eigenvalue weighted by atomic mass is 10.2. The molecule has 0 saturated carbocycles. The van der Waals surface area contributed by atoms with Crippen LogP contribution in [0.15, 0.2) is 16.8 Å². The first-order valence-corrected chi connectivity index (χ1v) is 6.35. The van der Waals surface area contributed by atoms with Crippen LogP contribution in [0.5, 0.6) is 0 Å². The molecule has 0 atom stereocenters. The smallest absolute Gasteiger partial charge is 0.321 e. The van der Waals surface area contributed by atoms with Gasteiger partial charge in [-0.1, -0.05) is 0 Å². The Hall–Kier alpha value is -1.07. The predicted molar refractivity (Wildman–Crippen MR) is 64.9 cm³/mol. The molecule has 1 aromatic rings. The van der Waals surface area contributed by atoms with Gasteiger partial charge >= 0.3 is 6.03 Å². The Labute approximate surface area is 103 Å². The first kappa shape index (κ1) is 13.0. The normalized spacial score (nSPS) is 9.81. The van der Waals surface area contributed by atoms with Crippen molar-refractivity contribution in [3.63, 3.8) is 0 Å². The average Bonchev–Trinajstić information content (AvgIpc) is 2.70. The first-order valence-electron chi connectivity index (χ1n) is 4.87. The Balaban J connectivity index is 2.13. The van der Waals surface area contributed by atoms with Crippen molar-refractivity contribution in [1.29, 1.82) is 0 Å². The molecule has 6 heteroatoms. The quantitative estimate of drug-likeness (QED) is 0.793. The molecule has 0 unspecified atom stereocenters. The Kier molecular flexibility index (Phi) is 5.88. The van der Waals surface area contributed by atoms with E-state index in [0.717, 1.165) is 6.42 Å². The van der Waals surface area contributed by atoms with Crippen LogP contribution in [0.25, 0.3) is 0 Å². The summed E-state index contributed by atoms with van der Waals surface area (Å²) < 4.78 is 0. The van der Waals surface area contributed by atoms with Gasteiger partial charge in [-0.2, -0.15) is 11.3 Å². The average molecular weight is 261 g/mol. The lowest BCUT2D eigenvalue weighted by molar-refractivity contribution is -0.119. The maximum Gasteiger partial charge on any atom is 0.321 e. The number of thiophene rings is 1. The van der Waals surface area contributed by atoms with Gasteiger partial charge in [0.25, 0.3) is 0 Å². The maximum absolute atomic E-state index is 11.2. The van der Waals surface area contributed by atoms with Gasteiger partial charge in [0.1, 0.15) is 0 Å². The number of imide groups is 1. The lowest BCUT2D eigenvalue weighted by Crippen LogP contribution is -2.40. The van der Waals surface area contributed by atoms with Crippen LogP contribution in [0.4, 0.5) is 4.79 Å². The highest BCUT2D eigenvalue weighted by Crippen LogP contribution is 2.05. The van der Waals surface area contributed by atoms with Gasteiger partial charge in [0.2, 0.25) is 5.91 Å². The van der Waals surface area contributed by atoms with Crippen molar-refractivity contribution in [2.45, 2.75) is 12.8 Å². The summed E-state index contributed by atoms with van der Waals surface area (Å²) in [5.74, 6) is -0.142. The molecule has 16 heavy (non-hydrogen) atoms. The molecule has 0 aliphatic carbocycles. The standard InChI is InChI=1S/C10H13ClN2O2S/c11-4-1-9(14)13-10(15)12-5-2-8-3-6-16-7-8/h3,6-7H,1-2,4-5H2,(H2,12,13,14,15). The summed E-state index contributed by atoms with van der Waals surface area (Å²) in [5.41, 5.74) is 1.18. The maximum atomic E-state index is 11.2. The van der Waals surface area contributed by atoms with E-state index in [2.05, 4.69) is 10.6 Å². The van der Waals surface area contributed by atoms with Crippen LogP contribution >= 0.6 is 22.9 Å². The summed E-state index contributed by atoms with van der Waals surface area (Å²) in [4.78, 5) is 22.2. The Morgan fingerprint density at radius 2 is 2.25 bits per heavy atom. The second-order valence-electron chi connectivity index (χ2n) is 3.12. The molecule has 88 valence electrons. The van der Waals surface area contributed by atoms with Crippen molar-refractivity contribution < 1.29 is 9.59 Å². The predicted octanol–water partition coefficient (Wildman–Crippen LogP) is 1.75. The molecule has 0 fully saturated rings. The molecule has 0 spiro atoms. The van der Waals surface area contributed by atoms with Gasteiger partial charge in [0.15, 0.2) is 0 Å². The zero-order chi connectivity index (χ0) is 11.8. The van der Waals surface area contributed by atoms with Crippen molar-refractivity contribution in [2.24, 2.45) is 0 Å². The van der Waals surface area contributed by atoms with E-state index in [1.54, 1.807) is 11.3 Å². The highest BCUT2D eigenvalue weighted by Gasteiger charge is 2.05. The van der Waals surface area contributed by atoms with Crippen LogP contribution < -0.4 is 10.6 Å². The summed E-state index contributed by atoms with van der Waals surface area (Å²) in [6, 6.07) is 1.54. The van der Waals surface area contributed by atoms with Crippen molar-refractivity contribution in [3.8, 4) is 0 Å². The molecule has 0 aromatic carbocycles. The van der Waals surface area contributed by atoms with E-state index >= 15 is 0 Å². The molecular weight excluding hydrogens is 248 g/mol. The van der Waals surface area contributed by atoms with Crippen LogP contribution in [-0.4, -0.2) is 24.4 Å². The van der Waals surface area contributed by atoms with Gasteiger partial charge in [0.05, 0.1) is 0 Å². The Bertz CT molecular complexity index is 341. The lowest BCUT2D eigenvalue weighted by Gasteiger charge is -2.05. The van der Waals surface area contributed by atoms with Crippen molar-refractivity contribution in [3.05, 3.63) is 22.4 Å². The molecule has 1 rings (SSSR count). The van der Waals surface area contributed by atoms with Gasteiger partial charge in [0, 0.05) is 18.8 Å². The Morgan fingerprint density at radius 3 is 2.88 bits per heavy atom. The fourth-order valence-corrected chi connectivity index (χ4v) is 1.95. The topological polar surface area (TPSA) is 58.2 Å². The monoisotopic (exact) mass is 260 g/mol. The van der Waals surface area contributed by atoms with Crippen LogP contribution in [0.2, 0.25) is 0 Å². The number of urea groups is 1. The second-order valence-corrected chi connectivity index (χ2v) is 4.28. The number of rotatable bonds is 5. The minimum Gasteiger partial charge on any atom is -0.337 e. The number of halogens is 1. The number of alkyl halides is 1. The molecule has 0 aliphatic heterocycles. The van der Waals surface area contributed by atoms with E-state index in [0.29, 0.717) is 6.54 Å². The zero-order valence-electron chi connectivity index (χ0n) is 8.66. The summed E-state index contributed by atoms with van der Waals surface area (Å²) in [6.07, 6.45) is 0.917. The molecule has 0 bridgehead atoms. The molecule has 1 heterocycles. The van der Waals surface area contributed by atoms with E-state index in [9.17, 15) is 9.59 Å². The number of nitrogens with one attached hydrogen (secondary N) is 2. The third kappa shape index (κ3) is 5.14. The summed E-state index contributed by atoms with van der Waals surface area (Å²) >= 11 is 6.98. The van der Waals surface area contributed by atoms with Crippen LogP contribution in [0, 0.1) is 0 Å². The van der Waals surface area contributed by atoms with Crippen molar-refractivity contribution in [1.82, 2.24) is 10.6 Å². The van der Waals surface area contributed by atoms with E-state index in [4.69, 9.17) is 11.6 Å². The molecule has 0 radical (unpaired) electrons. The summed E-state index contributed by atoms with van der Waals surface area (Å²) in [5, 5.41) is 8.80. The van der Waals surface area contributed by atoms with Gasteiger partial charge in [-0.3, -0.25) is 10.1 Å². The van der Waals surface area contributed by atoms with Gasteiger partial charge in [-0.25, -0.2) is 4.79 Å². The van der Waals surface area contributed by atoms with Crippen LogP contribution in [0.1, 0.15) is 12.0 Å². The molecule has 2 N–H and O–H groups in total. The highest BCUT2D eigenvalue weighted by molar-refractivity contribution is 7.07. The molecule has 0 saturated heterocycles. The number of hydrogen-bond acceptors (Lipinski definition) is 3. The van der Waals surface area contributed by atoms with Crippen LogP contribution in [0.3, 0.4) is 0 Å². The molecule has 1 aromatic heterocycles. The summed E-state index contributed by atoms with van der Waals surface area (Å²) in [7, 11) is 0. The first-order chi connectivity index (χ1) is 7.72. The van der Waals surface area contributed by atoms with Crippen molar-refractivity contribution in [2.75, 3.05) is 12.4 Å². The third-order valence-corrected chi connectivity index (χ3v) is 2.77. The van der Waals surface area contributed by atoms with Gasteiger partial charge in [-0.15, -0.1) is 11.6 Å². The molecular formula is C10H13ClN2O2S. The number of hydrogen-bond donors (Lipinski definition) is 2. The fourth-order valence-electron chi connectivity index (χ4n) is 1.07. The largest absolute Gasteiger partial charge is 0.337 e. The zero-order valence-corrected chi connectivity index (χ0v) is 10.2. The highest BCUT2D eigenvalue weighted by atomic mass is 35.5. The minimum atomic E-state index is -0.467. The number of amides is 3. The number of carbonyl (C=O) groups is 2. The third-order valence-electron chi connectivity index (χ3n) is 1.85. The SMILES string of the molecule is O=C(CCCl)NC(=O)NCCc1ccsc1. The fraction of sp³-hybridized carbons (Fsp3) is 0.400. The molecule has 3 amide bonds. The number of carbonyl (C=O) groups excluding carboxylic acids is 2. The summed E-state index contributed by atoms with van der Waals surface area (Å²) in [6.45, 7) is 0.511. The van der Waals surface area contributed by atoms with Crippen LogP contribution in [-0.2, 0) is 11.2 Å². The molecule has 4 nitrogen and oxygen atoms in total. The molecule has 0 aliphatic rings. The second kappa shape index (κ2) is 7.24.